The molecule has 0 saturated heterocycles. The molecule has 19 heavy (non-hydrogen) atoms. The molecule has 0 atom stereocenters. The van der Waals surface area contributed by atoms with Crippen LogP contribution in [0.25, 0.3) is 0 Å². The van der Waals surface area contributed by atoms with Crippen LogP contribution < -0.4 is 10.3 Å². The second-order valence-electron chi connectivity index (χ2n) is 3.87. The molecular formula is C13H10Br2FNO2. The molecule has 0 aliphatic carbocycles. The Hall–Kier alpha value is -1.14. The molecule has 2 aromatic rings. The van der Waals surface area contributed by atoms with E-state index >= 15 is 0 Å². The number of methoxy groups -OCH3 is 1. The molecule has 0 spiro atoms. The molecule has 0 amide bonds. The molecule has 0 aliphatic rings. The van der Waals surface area contributed by atoms with Crippen LogP contribution in [-0.4, -0.2) is 11.7 Å². The minimum atomic E-state index is -0.451. The number of pyridine rings is 1. The fourth-order valence-corrected chi connectivity index (χ4v) is 2.96. The van der Waals surface area contributed by atoms with Gasteiger partial charge in [-0.3, -0.25) is 4.79 Å². The Morgan fingerprint density at radius 2 is 2.11 bits per heavy atom. The molecule has 0 fully saturated rings. The average molecular weight is 391 g/mol. The van der Waals surface area contributed by atoms with Gasteiger partial charge in [-0.2, -0.15) is 0 Å². The summed E-state index contributed by atoms with van der Waals surface area (Å²) in [7, 11) is 1.41. The minimum Gasteiger partial charge on any atom is -0.494 e. The van der Waals surface area contributed by atoms with Crippen LogP contribution in [0.1, 0.15) is 5.56 Å². The molecule has 0 radical (unpaired) electrons. The van der Waals surface area contributed by atoms with E-state index in [9.17, 15) is 9.18 Å². The van der Waals surface area contributed by atoms with Gasteiger partial charge in [0.15, 0.2) is 11.6 Å². The van der Waals surface area contributed by atoms with Crippen LogP contribution in [0, 0.1) is 5.82 Å². The van der Waals surface area contributed by atoms with Crippen molar-refractivity contribution in [2.75, 3.05) is 7.11 Å². The molecule has 0 N–H and O–H groups in total. The fourth-order valence-electron chi connectivity index (χ4n) is 1.70. The molecule has 1 aromatic carbocycles. The normalized spacial score (nSPS) is 10.5. The molecule has 0 unspecified atom stereocenters. The van der Waals surface area contributed by atoms with Crippen molar-refractivity contribution in [3.05, 3.63) is 61.1 Å². The monoisotopic (exact) mass is 389 g/mol. The van der Waals surface area contributed by atoms with Crippen molar-refractivity contribution in [1.29, 1.82) is 0 Å². The first-order valence-electron chi connectivity index (χ1n) is 5.40. The summed E-state index contributed by atoms with van der Waals surface area (Å²) in [6.07, 6.45) is 1.62. The summed E-state index contributed by atoms with van der Waals surface area (Å²) in [6.45, 7) is 0.139. The number of rotatable bonds is 3. The lowest BCUT2D eigenvalue weighted by Crippen LogP contribution is -2.21. The Labute approximate surface area is 126 Å². The van der Waals surface area contributed by atoms with Gasteiger partial charge in [-0.25, -0.2) is 4.39 Å². The Balaban J connectivity index is 2.45. The molecule has 0 saturated carbocycles. The molecular weight excluding hydrogens is 381 g/mol. The molecule has 3 nitrogen and oxygen atoms in total. The van der Waals surface area contributed by atoms with Crippen LogP contribution in [-0.2, 0) is 6.54 Å². The van der Waals surface area contributed by atoms with Crippen molar-refractivity contribution in [2.45, 2.75) is 6.54 Å². The van der Waals surface area contributed by atoms with Crippen molar-refractivity contribution in [1.82, 2.24) is 4.57 Å². The molecule has 1 aromatic heterocycles. The van der Waals surface area contributed by atoms with E-state index in [-0.39, 0.29) is 17.9 Å². The standard InChI is InChI=1S/C13H10Br2FNO2/c1-19-11-4-2-3-8(12(11)16)6-17-7-9(14)5-10(15)13(17)18/h2-5,7H,6H2,1H3. The summed E-state index contributed by atoms with van der Waals surface area (Å²) >= 11 is 6.47. The Bertz CT molecular complexity index is 670. The van der Waals surface area contributed by atoms with Crippen LogP contribution >= 0.6 is 31.9 Å². The second-order valence-corrected chi connectivity index (χ2v) is 5.64. The highest BCUT2D eigenvalue weighted by atomic mass is 79.9. The zero-order chi connectivity index (χ0) is 14.0. The van der Waals surface area contributed by atoms with E-state index in [2.05, 4.69) is 31.9 Å². The third-order valence-electron chi connectivity index (χ3n) is 2.61. The maximum Gasteiger partial charge on any atom is 0.265 e. The highest BCUT2D eigenvalue weighted by Crippen LogP contribution is 2.21. The fraction of sp³-hybridized carbons (Fsp3) is 0.154. The van der Waals surface area contributed by atoms with Gasteiger partial charge in [-0.05, 0) is 44.0 Å². The number of aromatic nitrogens is 1. The van der Waals surface area contributed by atoms with E-state index < -0.39 is 5.82 Å². The first-order valence-corrected chi connectivity index (χ1v) is 6.98. The lowest BCUT2D eigenvalue weighted by Gasteiger charge is -2.10. The summed E-state index contributed by atoms with van der Waals surface area (Å²) in [5.41, 5.74) is 0.178. The lowest BCUT2D eigenvalue weighted by molar-refractivity contribution is 0.383. The number of ether oxygens (including phenoxy) is 1. The van der Waals surface area contributed by atoms with E-state index in [1.54, 1.807) is 30.5 Å². The van der Waals surface area contributed by atoms with Crippen molar-refractivity contribution in [3.63, 3.8) is 0 Å². The third-order valence-corrected chi connectivity index (χ3v) is 3.61. The lowest BCUT2D eigenvalue weighted by atomic mass is 10.2. The van der Waals surface area contributed by atoms with Gasteiger partial charge in [0.05, 0.1) is 18.1 Å². The number of hydrogen-bond acceptors (Lipinski definition) is 2. The zero-order valence-corrected chi connectivity index (χ0v) is 13.2. The van der Waals surface area contributed by atoms with E-state index in [1.807, 2.05) is 0 Å². The third kappa shape index (κ3) is 3.06. The van der Waals surface area contributed by atoms with Gasteiger partial charge in [0.25, 0.3) is 5.56 Å². The van der Waals surface area contributed by atoms with E-state index in [0.29, 0.717) is 10.0 Å². The van der Waals surface area contributed by atoms with Crippen molar-refractivity contribution in [3.8, 4) is 5.75 Å². The topological polar surface area (TPSA) is 31.2 Å². The van der Waals surface area contributed by atoms with Crippen LogP contribution in [0.5, 0.6) is 5.75 Å². The maximum absolute atomic E-state index is 14.0. The largest absolute Gasteiger partial charge is 0.494 e. The van der Waals surface area contributed by atoms with Crippen LogP contribution in [0.15, 0.2) is 44.2 Å². The van der Waals surface area contributed by atoms with E-state index in [0.717, 1.165) is 4.47 Å². The number of halogens is 3. The summed E-state index contributed by atoms with van der Waals surface area (Å²) in [5, 5.41) is 0. The molecule has 0 aliphatic heterocycles. The molecule has 6 heteroatoms. The SMILES string of the molecule is COc1cccc(Cn2cc(Br)cc(Br)c2=O)c1F. The maximum atomic E-state index is 14.0. The predicted octanol–water partition coefficient (Wildman–Crippen LogP) is 3.57. The molecule has 1 heterocycles. The van der Waals surface area contributed by atoms with Crippen LogP contribution in [0.3, 0.4) is 0 Å². The second kappa shape index (κ2) is 5.88. The van der Waals surface area contributed by atoms with Crippen LogP contribution in [0.4, 0.5) is 4.39 Å². The molecule has 0 bridgehead atoms. The molecule has 100 valence electrons. The predicted molar refractivity (Wildman–Crippen MR) is 78.2 cm³/mol. The minimum absolute atomic E-state index is 0.139. The number of hydrogen-bond donors (Lipinski definition) is 0. The summed E-state index contributed by atoms with van der Waals surface area (Å²) in [5.74, 6) is -0.285. The quantitative estimate of drug-likeness (QED) is 0.802. The Morgan fingerprint density at radius 1 is 1.37 bits per heavy atom. The zero-order valence-electron chi connectivity index (χ0n) is 9.99. The average Bonchev–Trinajstić information content (AvgIpc) is 2.37. The van der Waals surface area contributed by atoms with Gasteiger partial charge >= 0.3 is 0 Å². The summed E-state index contributed by atoms with van der Waals surface area (Å²) in [6, 6.07) is 6.51. The summed E-state index contributed by atoms with van der Waals surface area (Å²) in [4.78, 5) is 11.9. The van der Waals surface area contributed by atoms with Gasteiger partial charge in [-0.1, -0.05) is 12.1 Å². The van der Waals surface area contributed by atoms with Gasteiger partial charge in [0, 0.05) is 16.2 Å². The van der Waals surface area contributed by atoms with Crippen molar-refractivity contribution in [2.24, 2.45) is 0 Å². The highest BCUT2D eigenvalue weighted by Gasteiger charge is 2.10. The first-order chi connectivity index (χ1) is 9.02. The highest BCUT2D eigenvalue weighted by molar-refractivity contribution is 9.11. The van der Waals surface area contributed by atoms with E-state index in [4.69, 9.17) is 4.74 Å². The van der Waals surface area contributed by atoms with Gasteiger partial charge in [-0.15, -0.1) is 0 Å². The van der Waals surface area contributed by atoms with Crippen molar-refractivity contribution >= 4 is 31.9 Å². The molecule has 2 rings (SSSR count). The smallest absolute Gasteiger partial charge is 0.265 e. The van der Waals surface area contributed by atoms with E-state index in [1.165, 1.54) is 11.7 Å². The number of nitrogens with zero attached hydrogens (tertiary/aromatic N) is 1. The van der Waals surface area contributed by atoms with Gasteiger partial charge < -0.3 is 9.30 Å². The first kappa shape index (κ1) is 14.3. The van der Waals surface area contributed by atoms with Gasteiger partial charge in [0.1, 0.15) is 0 Å². The summed E-state index contributed by atoms with van der Waals surface area (Å²) < 4.78 is 21.5. The Kier molecular flexibility index (Phi) is 4.42. The Morgan fingerprint density at radius 3 is 2.79 bits per heavy atom. The van der Waals surface area contributed by atoms with Crippen LogP contribution in [0.2, 0.25) is 0 Å². The number of benzene rings is 1. The van der Waals surface area contributed by atoms with Gasteiger partial charge in [0.2, 0.25) is 0 Å². The van der Waals surface area contributed by atoms with Crippen molar-refractivity contribution < 1.29 is 9.13 Å².